The van der Waals surface area contributed by atoms with Crippen LogP contribution in [0.15, 0.2) is 46.9 Å². The van der Waals surface area contributed by atoms with Gasteiger partial charge in [-0.25, -0.2) is 4.79 Å². The largest absolute Gasteiger partial charge is 0.477 e. The first-order valence-corrected chi connectivity index (χ1v) is 6.93. The zero-order valence-electron chi connectivity index (χ0n) is 11.7. The van der Waals surface area contributed by atoms with Gasteiger partial charge in [-0.2, -0.15) is 0 Å². The summed E-state index contributed by atoms with van der Waals surface area (Å²) in [4.78, 5) is 23.0. The summed E-state index contributed by atoms with van der Waals surface area (Å²) in [7, 11) is 0. The topological polar surface area (TPSA) is 88.8 Å². The van der Waals surface area contributed by atoms with Crippen LogP contribution >= 0.6 is 0 Å². The number of carbonyl (C=O) groups is 2. The van der Waals surface area contributed by atoms with Gasteiger partial charge in [0.15, 0.2) is 5.60 Å². The fraction of sp³-hybridized carbons (Fsp3) is 0.250. The number of benzene rings is 1. The molecule has 1 saturated carbocycles. The summed E-state index contributed by atoms with van der Waals surface area (Å²) in [6.07, 6.45) is 1.32. The van der Waals surface area contributed by atoms with Gasteiger partial charge in [-0.15, -0.1) is 0 Å². The van der Waals surface area contributed by atoms with Crippen LogP contribution in [0.4, 0.5) is 0 Å². The maximum Gasteiger partial charge on any atom is 0.371 e. The van der Waals surface area contributed by atoms with Gasteiger partial charge in [-0.1, -0.05) is 18.2 Å². The molecule has 1 aliphatic rings. The first-order valence-electron chi connectivity index (χ1n) is 6.93. The Morgan fingerprint density at radius 2 is 1.91 bits per heavy atom. The molecule has 0 radical (unpaired) electrons. The quantitative estimate of drug-likeness (QED) is 0.854. The van der Waals surface area contributed by atoms with Crippen LogP contribution in [0.5, 0.6) is 5.75 Å². The molecule has 1 aromatic heterocycles. The first-order chi connectivity index (χ1) is 10.6. The van der Waals surface area contributed by atoms with Crippen molar-refractivity contribution in [3.63, 3.8) is 0 Å². The number of amides is 1. The Labute approximate surface area is 126 Å². The second-order valence-corrected chi connectivity index (χ2v) is 5.16. The maximum absolute atomic E-state index is 12.3. The van der Waals surface area contributed by atoms with E-state index in [0.29, 0.717) is 24.4 Å². The lowest BCUT2D eigenvalue weighted by atomic mass is 10.3. The molecule has 1 heterocycles. The molecule has 1 amide bonds. The Kier molecular flexibility index (Phi) is 3.58. The van der Waals surface area contributed by atoms with E-state index in [0.717, 1.165) is 0 Å². The number of hydrogen-bond donors (Lipinski definition) is 2. The lowest BCUT2D eigenvalue weighted by Gasteiger charge is -2.17. The van der Waals surface area contributed by atoms with Gasteiger partial charge < -0.3 is 19.6 Å². The zero-order valence-corrected chi connectivity index (χ0v) is 11.7. The molecule has 2 N–H and O–H groups in total. The second kappa shape index (κ2) is 5.55. The normalized spacial score (nSPS) is 15.1. The van der Waals surface area contributed by atoms with Gasteiger partial charge in [0.1, 0.15) is 11.5 Å². The van der Waals surface area contributed by atoms with Gasteiger partial charge in [0.25, 0.3) is 5.91 Å². The van der Waals surface area contributed by atoms with Crippen molar-refractivity contribution in [3.8, 4) is 5.75 Å². The van der Waals surface area contributed by atoms with Crippen molar-refractivity contribution < 1.29 is 23.8 Å². The number of aromatic carboxylic acids is 1. The average molecular weight is 301 g/mol. The molecule has 1 fully saturated rings. The van der Waals surface area contributed by atoms with Crippen molar-refractivity contribution in [1.29, 1.82) is 0 Å². The summed E-state index contributed by atoms with van der Waals surface area (Å²) in [5.74, 6) is -0.457. The van der Waals surface area contributed by atoms with E-state index < -0.39 is 11.6 Å². The lowest BCUT2D eigenvalue weighted by molar-refractivity contribution is -0.130. The highest BCUT2D eigenvalue weighted by Crippen LogP contribution is 2.40. The molecule has 2 aromatic rings. The van der Waals surface area contributed by atoms with Crippen molar-refractivity contribution in [2.75, 3.05) is 0 Å². The van der Waals surface area contributed by atoms with Crippen LogP contribution in [-0.4, -0.2) is 22.6 Å². The minimum absolute atomic E-state index is 0.131. The predicted octanol–water partition coefficient (Wildman–Crippen LogP) is 2.21. The maximum atomic E-state index is 12.3. The lowest BCUT2D eigenvalue weighted by Crippen LogP contribution is -2.40. The summed E-state index contributed by atoms with van der Waals surface area (Å²) >= 11 is 0. The first kappa shape index (κ1) is 14.2. The SMILES string of the molecule is O=C(O)c1ccc(CNC(=O)C2(Oc3ccccc3)CC2)o1. The van der Waals surface area contributed by atoms with Crippen LogP contribution in [0.25, 0.3) is 0 Å². The summed E-state index contributed by atoms with van der Waals surface area (Å²) in [6.45, 7) is 0.131. The van der Waals surface area contributed by atoms with Crippen LogP contribution in [0.2, 0.25) is 0 Å². The predicted molar refractivity (Wildman–Crippen MR) is 76.5 cm³/mol. The van der Waals surface area contributed by atoms with Gasteiger partial charge >= 0.3 is 5.97 Å². The number of para-hydroxylation sites is 1. The molecular weight excluding hydrogens is 286 g/mol. The fourth-order valence-corrected chi connectivity index (χ4v) is 2.12. The summed E-state index contributed by atoms with van der Waals surface area (Å²) < 4.78 is 10.9. The van der Waals surface area contributed by atoms with Gasteiger partial charge in [0.05, 0.1) is 6.54 Å². The third kappa shape index (κ3) is 2.95. The Morgan fingerprint density at radius 3 is 2.50 bits per heavy atom. The highest BCUT2D eigenvalue weighted by Gasteiger charge is 2.52. The molecule has 0 aliphatic heterocycles. The molecule has 0 spiro atoms. The molecule has 0 bridgehead atoms. The molecule has 3 rings (SSSR count). The third-order valence-electron chi connectivity index (χ3n) is 3.47. The number of carboxylic acid groups (broad SMARTS) is 1. The highest BCUT2D eigenvalue weighted by atomic mass is 16.5. The number of carboxylic acids is 1. The fourth-order valence-electron chi connectivity index (χ4n) is 2.12. The van der Waals surface area contributed by atoms with E-state index in [-0.39, 0.29) is 18.2 Å². The summed E-state index contributed by atoms with van der Waals surface area (Å²) in [6, 6.07) is 12.1. The van der Waals surface area contributed by atoms with Crippen LogP contribution < -0.4 is 10.1 Å². The molecule has 0 atom stereocenters. The molecular formula is C16H15NO5. The van der Waals surface area contributed by atoms with E-state index in [9.17, 15) is 9.59 Å². The number of ether oxygens (including phenoxy) is 1. The minimum Gasteiger partial charge on any atom is -0.477 e. The van der Waals surface area contributed by atoms with E-state index in [1.54, 1.807) is 12.1 Å². The smallest absolute Gasteiger partial charge is 0.371 e. The molecule has 0 unspecified atom stereocenters. The van der Waals surface area contributed by atoms with E-state index in [2.05, 4.69) is 5.32 Å². The number of nitrogens with one attached hydrogen (secondary N) is 1. The number of furan rings is 1. The van der Waals surface area contributed by atoms with Gasteiger partial charge in [0, 0.05) is 12.8 Å². The molecule has 1 aromatic carbocycles. The Bertz CT molecular complexity index is 688. The van der Waals surface area contributed by atoms with Gasteiger partial charge in [-0.05, 0) is 24.3 Å². The van der Waals surface area contributed by atoms with Crippen molar-refractivity contribution >= 4 is 11.9 Å². The van der Waals surface area contributed by atoms with Crippen molar-refractivity contribution in [2.24, 2.45) is 0 Å². The van der Waals surface area contributed by atoms with Crippen LogP contribution in [0.1, 0.15) is 29.2 Å². The van der Waals surface area contributed by atoms with Crippen LogP contribution in [-0.2, 0) is 11.3 Å². The van der Waals surface area contributed by atoms with Crippen LogP contribution in [0.3, 0.4) is 0 Å². The van der Waals surface area contributed by atoms with Crippen molar-refractivity contribution in [2.45, 2.75) is 25.0 Å². The Hall–Kier alpha value is -2.76. The summed E-state index contributed by atoms with van der Waals surface area (Å²) in [5.41, 5.74) is -0.816. The van der Waals surface area contributed by atoms with E-state index >= 15 is 0 Å². The average Bonchev–Trinajstić information content (AvgIpc) is 3.13. The van der Waals surface area contributed by atoms with Gasteiger partial charge in [-0.3, -0.25) is 4.79 Å². The van der Waals surface area contributed by atoms with E-state index in [4.69, 9.17) is 14.3 Å². The second-order valence-electron chi connectivity index (χ2n) is 5.16. The molecule has 1 aliphatic carbocycles. The molecule has 114 valence electrons. The minimum atomic E-state index is -1.14. The number of rotatable bonds is 6. The van der Waals surface area contributed by atoms with Crippen molar-refractivity contribution in [1.82, 2.24) is 5.32 Å². The Balaban J connectivity index is 1.58. The Morgan fingerprint density at radius 1 is 1.18 bits per heavy atom. The zero-order chi connectivity index (χ0) is 15.6. The van der Waals surface area contributed by atoms with Crippen LogP contribution in [0, 0.1) is 0 Å². The molecule has 6 heteroatoms. The molecule has 6 nitrogen and oxygen atoms in total. The molecule has 22 heavy (non-hydrogen) atoms. The van der Waals surface area contributed by atoms with Gasteiger partial charge in [0.2, 0.25) is 5.76 Å². The van der Waals surface area contributed by atoms with E-state index in [1.165, 1.54) is 12.1 Å². The highest BCUT2D eigenvalue weighted by molar-refractivity contribution is 5.88. The number of carbonyl (C=O) groups excluding carboxylic acids is 1. The standard InChI is InChI=1S/C16H15NO5/c18-14(19)13-7-6-12(21-13)10-17-15(20)16(8-9-16)22-11-4-2-1-3-5-11/h1-7H,8-10H2,(H,17,20)(H,18,19). The van der Waals surface area contributed by atoms with Crippen molar-refractivity contribution in [3.05, 3.63) is 54.0 Å². The molecule has 0 saturated heterocycles. The third-order valence-corrected chi connectivity index (χ3v) is 3.47. The summed E-state index contributed by atoms with van der Waals surface area (Å²) in [5, 5.41) is 11.5. The monoisotopic (exact) mass is 301 g/mol. The number of hydrogen-bond acceptors (Lipinski definition) is 4. The van der Waals surface area contributed by atoms with E-state index in [1.807, 2.05) is 18.2 Å².